The average molecular weight is 318 g/mol. The molecule has 0 saturated carbocycles. The number of carbonyl (C=O) groups is 2. The van der Waals surface area contributed by atoms with Gasteiger partial charge in [0, 0.05) is 20.1 Å². The van der Waals surface area contributed by atoms with Crippen LogP contribution in [-0.4, -0.2) is 53.9 Å². The Labute approximate surface area is 138 Å². The number of benzene rings is 1. The lowest BCUT2D eigenvalue weighted by Crippen LogP contribution is -2.59. The van der Waals surface area contributed by atoms with Crippen molar-refractivity contribution in [1.29, 1.82) is 0 Å². The smallest absolute Gasteiger partial charge is 0.264 e. The van der Waals surface area contributed by atoms with Crippen molar-refractivity contribution in [2.75, 3.05) is 20.1 Å². The number of hydrogen-bond acceptors (Lipinski definition) is 3. The summed E-state index contributed by atoms with van der Waals surface area (Å²) in [5.41, 5.74) is 0. The lowest BCUT2D eigenvalue weighted by atomic mass is 10.0. The molecule has 0 spiro atoms. The molecule has 23 heavy (non-hydrogen) atoms. The summed E-state index contributed by atoms with van der Waals surface area (Å²) in [5.74, 6) is 0.584. The van der Waals surface area contributed by atoms with Crippen molar-refractivity contribution in [3.05, 3.63) is 30.3 Å². The van der Waals surface area contributed by atoms with Crippen LogP contribution in [0.5, 0.6) is 5.75 Å². The van der Waals surface area contributed by atoms with E-state index in [1.165, 1.54) is 0 Å². The fraction of sp³-hybridized carbons (Fsp3) is 0.556. The molecule has 5 nitrogen and oxygen atoms in total. The predicted molar refractivity (Wildman–Crippen MR) is 89.2 cm³/mol. The minimum absolute atomic E-state index is 0.0324. The monoisotopic (exact) mass is 318 g/mol. The summed E-state index contributed by atoms with van der Waals surface area (Å²) in [6.45, 7) is 4.97. The molecule has 0 N–H and O–H groups in total. The molecule has 126 valence electrons. The zero-order valence-electron chi connectivity index (χ0n) is 14.2. The maximum Gasteiger partial charge on any atom is 0.264 e. The van der Waals surface area contributed by atoms with E-state index >= 15 is 0 Å². The van der Waals surface area contributed by atoms with Crippen LogP contribution in [0.15, 0.2) is 30.3 Å². The Kier molecular flexibility index (Phi) is 6.02. The van der Waals surface area contributed by atoms with Gasteiger partial charge in [-0.3, -0.25) is 9.59 Å². The summed E-state index contributed by atoms with van der Waals surface area (Å²) in [5, 5.41) is 0. The van der Waals surface area contributed by atoms with Gasteiger partial charge in [-0.15, -0.1) is 0 Å². The van der Waals surface area contributed by atoms with E-state index in [2.05, 4.69) is 6.92 Å². The highest BCUT2D eigenvalue weighted by Crippen LogP contribution is 2.19. The molecule has 1 heterocycles. The van der Waals surface area contributed by atoms with Gasteiger partial charge in [0.1, 0.15) is 11.8 Å². The molecule has 1 aromatic rings. The van der Waals surface area contributed by atoms with Crippen LogP contribution in [0, 0.1) is 0 Å². The first-order chi connectivity index (χ1) is 11.0. The molecule has 1 saturated heterocycles. The second-order valence-corrected chi connectivity index (χ2v) is 6.02. The third-order valence-electron chi connectivity index (χ3n) is 4.23. The third kappa shape index (κ3) is 4.24. The summed E-state index contributed by atoms with van der Waals surface area (Å²) in [6, 6.07) is 8.94. The Morgan fingerprint density at radius 3 is 2.65 bits per heavy atom. The van der Waals surface area contributed by atoms with E-state index in [0.717, 1.165) is 12.8 Å². The largest absolute Gasteiger partial charge is 0.481 e. The van der Waals surface area contributed by atoms with E-state index in [1.807, 2.05) is 30.3 Å². The molecule has 0 aliphatic carbocycles. The third-order valence-corrected chi connectivity index (χ3v) is 4.23. The van der Waals surface area contributed by atoms with Crippen molar-refractivity contribution < 1.29 is 14.3 Å². The van der Waals surface area contributed by atoms with Crippen LogP contribution in [0.3, 0.4) is 0 Å². The van der Waals surface area contributed by atoms with Gasteiger partial charge in [0.05, 0.1) is 0 Å². The highest BCUT2D eigenvalue weighted by Gasteiger charge is 2.37. The van der Waals surface area contributed by atoms with Gasteiger partial charge in [-0.1, -0.05) is 38.0 Å². The molecule has 2 rings (SSSR count). The van der Waals surface area contributed by atoms with Gasteiger partial charge >= 0.3 is 0 Å². The number of likely N-dealkylation sites (N-methyl/N-ethyl adjacent to an activating group) is 1. The second kappa shape index (κ2) is 7.99. The molecule has 2 unspecified atom stereocenters. The quantitative estimate of drug-likeness (QED) is 0.809. The number of amides is 2. The van der Waals surface area contributed by atoms with Crippen molar-refractivity contribution in [2.24, 2.45) is 0 Å². The molecule has 1 aliphatic heterocycles. The van der Waals surface area contributed by atoms with Crippen molar-refractivity contribution in [3.63, 3.8) is 0 Å². The highest BCUT2D eigenvalue weighted by molar-refractivity contribution is 5.90. The van der Waals surface area contributed by atoms with E-state index in [-0.39, 0.29) is 17.9 Å². The predicted octanol–water partition coefficient (Wildman–Crippen LogP) is 2.31. The first-order valence-corrected chi connectivity index (χ1v) is 8.31. The van der Waals surface area contributed by atoms with E-state index < -0.39 is 6.10 Å². The summed E-state index contributed by atoms with van der Waals surface area (Å²) < 4.78 is 5.73. The lowest BCUT2D eigenvalue weighted by Gasteiger charge is -2.40. The van der Waals surface area contributed by atoms with E-state index in [0.29, 0.717) is 25.3 Å². The number of nitrogens with zero attached hydrogens (tertiary/aromatic N) is 2. The number of piperazine rings is 1. The molecular formula is C18H26N2O3. The van der Waals surface area contributed by atoms with Crippen LogP contribution in [-0.2, 0) is 9.59 Å². The van der Waals surface area contributed by atoms with Crippen molar-refractivity contribution in [1.82, 2.24) is 9.80 Å². The maximum absolute atomic E-state index is 12.8. The Bertz CT molecular complexity index is 532. The van der Waals surface area contributed by atoms with Gasteiger partial charge < -0.3 is 14.5 Å². The number of hydrogen-bond donors (Lipinski definition) is 0. The molecule has 1 aromatic carbocycles. The van der Waals surface area contributed by atoms with Crippen molar-refractivity contribution in [2.45, 2.75) is 45.3 Å². The van der Waals surface area contributed by atoms with Gasteiger partial charge in [0.2, 0.25) is 5.91 Å². The maximum atomic E-state index is 12.8. The van der Waals surface area contributed by atoms with Crippen LogP contribution in [0.2, 0.25) is 0 Å². The molecule has 1 fully saturated rings. The van der Waals surface area contributed by atoms with Crippen molar-refractivity contribution in [3.8, 4) is 5.75 Å². The number of rotatable bonds is 6. The van der Waals surface area contributed by atoms with E-state index in [1.54, 1.807) is 23.8 Å². The SMILES string of the molecule is CCCCC1C(=O)N(C)CCN1C(=O)C(C)Oc1ccccc1. The Morgan fingerprint density at radius 1 is 1.30 bits per heavy atom. The zero-order valence-corrected chi connectivity index (χ0v) is 14.2. The Hall–Kier alpha value is -2.04. The van der Waals surface area contributed by atoms with Gasteiger partial charge in [0.15, 0.2) is 6.10 Å². The first kappa shape index (κ1) is 17.3. The summed E-state index contributed by atoms with van der Waals surface area (Å²) >= 11 is 0. The molecule has 2 atom stereocenters. The molecule has 1 aliphatic rings. The fourth-order valence-electron chi connectivity index (χ4n) is 2.84. The first-order valence-electron chi connectivity index (χ1n) is 8.31. The topological polar surface area (TPSA) is 49.9 Å². The van der Waals surface area contributed by atoms with Gasteiger partial charge in [-0.05, 0) is 25.5 Å². The number of unbranched alkanes of at least 4 members (excludes halogenated alkanes) is 1. The number of carbonyl (C=O) groups excluding carboxylic acids is 2. The Balaban J connectivity index is 2.06. The molecule has 2 amide bonds. The van der Waals surface area contributed by atoms with Crippen LogP contribution < -0.4 is 4.74 Å². The van der Waals surface area contributed by atoms with Gasteiger partial charge in [-0.25, -0.2) is 0 Å². The molecule has 5 heteroatoms. The molecular weight excluding hydrogens is 292 g/mol. The van der Waals surface area contributed by atoms with Gasteiger partial charge in [0.25, 0.3) is 5.91 Å². The normalized spacial score (nSPS) is 19.6. The standard InChI is InChI=1S/C18H26N2O3/c1-4-5-11-16-18(22)19(3)12-13-20(16)17(21)14(2)23-15-9-7-6-8-10-15/h6-10,14,16H,4-5,11-13H2,1-3H3. The molecule has 0 aromatic heterocycles. The Morgan fingerprint density at radius 2 is 2.00 bits per heavy atom. The summed E-state index contributed by atoms with van der Waals surface area (Å²) in [4.78, 5) is 28.6. The van der Waals surface area contributed by atoms with Crippen LogP contribution in [0.4, 0.5) is 0 Å². The zero-order chi connectivity index (χ0) is 16.8. The fourth-order valence-corrected chi connectivity index (χ4v) is 2.84. The van der Waals surface area contributed by atoms with E-state index in [4.69, 9.17) is 4.74 Å². The number of para-hydroxylation sites is 1. The van der Waals surface area contributed by atoms with Crippen LogP contribution >= 0.6 is 0 Å². The average Bonchev–Trinajstić information content (AvgIpc) is 2.56. The summed E-state index contributed by atoms with van der Waals surface area (Å²) in [7, 11) is 1.80. The van der Waals surface area contributed by atoms with Crippen LogP contribution in [0.1, 0.15) is 33.1 Å². The molecule has 0 bridgehead atoms. The summed E-state index contributed by atoms with van der Waals surface area (Å²) in [6.07, 6.45) is 2.05. The van der Waals surface area contributed by atoms with Crippen molar-refractivity contribution >= 4 is 11.8 Å². The number of ether oxygens (including phenoxy) is 1. The highest BCUT2D eigenvalue weighted by atomic mass is 16.5. The van der Waals surface area contributed by atoms with Gasteiger partial charge in [-0.2, -0.15) is 0 Å². The van der Waals surface area contributed by atoms with E-state index in [9.17, 15) is 9.59 Å². The van der Waals surface area contributed by atoms with Crippen LogP contribution in [0.25, 0.3) is 0 Å². The molecule has 0 radical (unpaired) electrons. The minimum Gasteiger partial charge on any atom is -0.481 e. The lowest BCUT2D eigenvalue weighted by molar-refractivity contribution is -0.154. The minimum atomic E-state index is -0.599. The second-order valence-electron chi connectivity index (χ2n) is 6.02.